The van der Waals surface area contributed by atoms with E-state index >= 15 is 0 Å². The van der Waals surface area contributed by atoms with Crippen molar-refractivity contribution in [3.8, 4) is 0 Å². The lowest BCUT2D eigenvalue weighted by Crippen LogP contribution is -2.14. The molecule has 2 aromatic rings. The molecule has 2 N–H and O–H groups in total. The van der Waals surface area contributed by atoms with E-state index in [2.05, 4.69) is 15.3 Å². The smallest absolute Gasteiger partial charge is 0.303 e. The fourth-order valence-corrected chi connectivity index (χ4v) is 2.34. The third-order valence-corrected chi connectivity index (χ3v) is 3.35. The molecule has 6 nitrogen and oxygen atoms in total. The number of amides is 1. The van der Waals surface area contributed by atoms with Gasteiger partial charge in [-0.1, -0.05) is 6.07 Å². The standard InChI is InChI=1S/C13H12FN3O3S/c14-10-5-2-4-9(16-10)12(20)17-13-15-8(7-21-13)3-1-6-11(18)19/h2,4-5,7H,1,3,6H2,(H,18,19)(H,15,17,20). The second kappa shape index (κ2) is 6.89. The molecule has 8 heteroatoms. The molecule has 0 saturated heterocycles. The van der Waals surface area contributed by atoms with Crippen molar-refractivity contribution in [1.29, 1.82) is 0 Å². The maximum atomic E-state index is 12.9. The number of aromatic nitrogens is 2. The first kappa shape index (κ1) is 15.0. The van der Waals surface area contributed by atoms with E-state index in [-0.39, 0.29) is 12.1 Å². The summed E-state index contributed by atoms with van der Waals surface area (Å²) in [5.74, 6) is -2.12. The molecular weight excluding hydrogens is 297 g/mol. The van der Waals surface area contributed by atoms with E-state index in [1.807, 2.05) is 0 Å². The first-order valence-corrected chi connectivity index (χ1v) is 7.02. The number of anilines is 1. The molecular formula is C13H12FN3O3S. The van der Waals surface area contributed by atoms with E-state index in [4.69, 9.17) is 5.11 Å². The van der Waals surface area contributed by atoms with Crippen LogP contribution in [-0.2, 0) is 11.2 Å². The number of carbonyl (C=O) groups is 2. The fraction of sp³-hybridized carbons (Fsp3) is 0.231. The summed E-state index contributed by atoms with van der Waals surface area (Å²) in [4.78, 5) is 29.9. The minimum atomic E-state index is -0.851. The predicted molar refractivity (Wildman–Crippen MR) is 74.8 cm³/mol. The van der Waals surface area contributed by atoms with Crippen LogP contribution in [0.15, 0.2) is 23.6 Å². The Morgan fingerprint density at radius 2 is 2.14 bits per heavy atom. The van der Waals surface area contributed by atoms with E-state index in [0.717, 1.165) is 6.07 Å². The minimum Gasteiger partial charge on any atom is -0.481 e. The van der Waals surface area contributed by atoms with E-state index in [9.17, 15) is 14.0 Å². The van der Waals surface area contributed by atoms with E-state index in [1.165, 1.54) is 23.5 Å². The molecule has 21 heavy (non-hydrogen) atoms. The zero-order chi connectivity index (χ0) is 15.2. The van der Waals surface area contributed by atoms with E-state index < -0.39 is 17.8 Å². The molecule has 0 aliphatic heterocycles. The van der Waals surface area contributed by atoms with Crippen molar-refractivity contribution in [1.82, 2.24) is 9.97 Å². The van der Waals surface area contributed by atoms with Gasteiger partial charge in [0.25, 0.3) is 5.91 Å². The number of carboxylic acids is 1. The first-order chi connectivity index (χ1) is 10.0. The largest absolute Gasteiger partial charge is 0.481 e. The molecule has 0 spiro atoms. The summed E-state index contributed by atoms with van der Waals surface area (Å²) in [6, 6.07) is 3.96. The number of aliphatic carboxylic acids is 1. The third kappa shape index (κ3) is 4.60. The summed E-state index contributed by atoms with van der Waals surface area (Å²) in [6.07, 6.45) is 1.08. The van der Waals surface area contributed by atoms with Crippen LogP contribution in [0.25, 0.3) is 0 Å². The van der Waals surface area contributed by atoms with Crippen LogP contribution >= 0.6 is 11.3 Å². The quantitative estimate of drug-likeness (QED) is 0.799. The fourth-order valence-electron chi connectivity index (χ4n) is 1.60. The van der Waals surface area contributed by atoms with Crippen LogP contribution in [0.3, 0.4) is 0 Å². The molecule has 0 fully saturated rings. The number of hydrogen-bond donors (Lipinski definition) is 2. The van der Waals surface area contributed by atoms with Gasteiger partial charge in [0.05, 0.1) is 5.69 Å². The van der Waals surface area contributed by atoms with E-state index in [0.29, 0.717) is 23.7 Å². The van der Waals surface area contributed by atoms with Crippen molar-refractivity contribution in [3.05, 3.63) is 40.9 Å². The van der Waals surface area contributed by atoms with Crippen molar-refractivity contribution < 1.29 is 19.1 Å². The Balaban J connectivity index is 1.93. The molecule has 0 atom stereocenters. The molecule has 0 aliphatic carbocycles. The highest BCUT2D eigenvalue weighted by atomic mass is 32.1. The maximum Gasteiger partial charge on any atom is 0.303 e. The Morgan fingerprint density at radius 1 is 1.33 bits per heavy atom. The van der Waals surface area contributed by atoms with Gasteiger partial charge in [0.1, 0.15) is 5.69 Å². The summed E-state index contributed by atoms with van der Waals surface area (Å²) in [6.45, 7) is 0. The number of halogens is 1. The van der Waals surface area contributed by atoms with Crippen molar-refractivity contribution in [2.24, 2.45) is 0 Å². The Labute approximate surface area is 123 Å². The zero-order valence-corrected chi connectivity index (χ0v) is 11.7. The molecule has 0 radical (unpaired) electrons. The lowest BCUT2D eigenvalue weighted by molar-refractivity contribution is -0.137. The normalized spacial score (nSPS) is 10.3. The Bertz CT molecular complexity index is 660. The maximum absolute atomic E-state index is 12.9. The van der Waals surface area contributed by atoms with Gasteiger partial charge in [-0.05, 0) is 25.0 Å². The Hall–Kier alpha value is -2.35. The number of carbonyl (C=O) groups excluding carboxylic acids is 1. The summed E-state index contributed by atoms with van der Waals surface area (Å²) < 4.78 is 12.9. The zero-order valence-electron chi connectivity index (χ0n) is 10.9. The van der Waals surface area contributed by atoms with Gasteiger partial charge in [0, 0.05) is 11.8 Å². The second-order valence-corrected chi connectivity index (χ2v) is 5.05. The van der Waals surface area contributed by atoms with Crippen LogP contribution in [0.2, 0.25) is 0 Å². The number of rotatable bonds is 6. The van der Waals surface area contributed by atoms with Crippen LogP contribution in [0.4, 0.5) is 9.52 Å². The van der Waals surface area contributed by atoms with Crippen molar-refractivity contribution in [3.63, 3.8) is 0 Å². The van der Waals surface area contributed by atoms with Gasteiger partial charge >= 0.3 is 5.97 Å². The van der Waals surface area contributed by atoms with Crippen LogP contribution in [-0.4, -0.2) is 27.0 Å². The number of nitrogens with zero attached hydrogens (tertiary/aromatic N) is 2. The van der Waals surface area contributed by atoms with Gasteiger partial charge in [0.15, 0.2) is 5.13 Å². The van der Waals surface area contributed by atoms with Gasteiger partial charge in [0.2, 0.25) is 5.95 Å². The van der Waals surface area contributed by atoms with Gasteiger partial charge < -0.3 is 5.11 Å². The number of thiazole rings is 1. The molecule has 0 aromatic carbocycles. The topological polar surface area (TPSA) is 92.2 Å². The SMILES string of the molecule is O=C(O)CCCc1csc(NC(=O)c2cccc(F)n2)n1. The number of hydrogen-bond acceptors (Lipinski definition) is 5. The van der Waals surface area contributed by atoms with Crippen LogP contribution in [0, 0.1) is 5.95 Å². The van der Waals surface area contributed by atoms with Crippen molar-refractivity contribution in [2.45, 2.75) is 19.3 Å². The van der Waals surface area contributed by atoms with Crippen molar-refractivity contribution >= 4 is 28.3 Å². The average molecular weight is 309 g/mol. The third-order valence-electron chi connectivity index (χ3n) is 2.54. The molecule has 2 rings (SSSR count). The Kier molecular flexibility index (Phi) is 4.94. The molecule has 2 aromatic heterocycles. The van der Waals surface area contributed by atoms with Gasteiger partial charge in [-0.3, -0.25) is 14.9 Å². The second-order valence-electron chi connectivity index (χ2n) is 4.19. The predicted octanol–water partition coefficient (Wildman–Crippen LogP) is 2.34. The lowest BCUT2D eigenvalue weighted by Gasteiger charge is -2.00. The summed E-state index contributed by atoms with van der Waals surface area (Å²) >= 11 is 1.22. The monoisotopic (exact) mass is 309 g/mol. The van der Waals surface area contributed by atoms with Crippen molar-refractivity contribution in [2.75, 3.05) is 5.32 Å². The lowest BCUT2D eigenvalue weighted by atomic mass is 10.2. The molecule has 0 unspecified atom stereocenters. The highest BCUT2D eigenvalue weighted by Gasteiger charge is 2.11. The van der Waals surface area contributed by atoms with Gasteiger partial charge in [-0.25, -0.2) is 9.97 Å². The number of pyridine rings is 1. The van der Waals surface area contributed by atoms with Gasteiger partial charge in [-0.2, -0.15) is 4.39 Å². The average Bonchev–Trinajstić information content (AvgIpc) is 2.86. The highest BCUT2D eigenvalue weighted by Crippen LogP contribution is 2.17. The number of nitrogens with one attached hydrogen (secondary N) is 1. The van der Waals surface area contributed by atoms with E-state index in [1.54, 1.807) is 5.38 Å². The highest BCUT2D eigenvalue weighted by molar-refractivity contribution is 7.13. The summed E-state index contributed by atoms with van der Waals surface area (Å²) in [5, 5.41) is 13.2. The first-order valence-electron chi connectivity index (χ1n) is 6.14. The molecule has 1 amide bonds. The number of aryl methyl sites for hydroxylation is 1. The van der Waals surface area contributed by atoms with Crippen LogP contribution in [0.5, 0.6) is 0 Å². The number of carboxylic acid groups (broad SMARTS) is 1. The van der Waals surface area contributed by atoms with Crippen LogP contribution < -0.4 is 5.32 Å². The molecule has 0 bridgehead atoms. The Morgan fingerprint density at radius 3 is 2.86 bits per heavy atom. The molecule has 2 heterocycles. The van der Waals surface area contributed by atoms with Crippen LogP contribution in [0.1, 0.15) is 29.0 Å². The minimum absolute atomic E-state index is 0.0300. The van der Waals surface area contributed by atoms with Gasteiger partial charge in [-0.15, -0.1) is 11.3 Å². The molecule has 0 aliphatic rings. The molecule has 110 valence electrons. The summed E-state index contributed by atoms with van der Waals surface area (Å²) in [5.41, 5.74) is 0.682. The molecule has 0 saturated carbocycles. The summed E-state index contributed by atoms with van der Waals surface area (Å²) in [7, 11) is 0.